The first-order valence-corrected chi connectivity index (χ1v) is 7.11. The van der Waals surface area contributed by atoms with Crippen LogP contribution in [0.4, 0.5) is 0 Å². The minimum absolute atomic E-state index is 0.136. The Labute approximate surface area is 99.4 Å². The van der Waals surface area contributed by atoms with Gasteiger partial charge in [0.1, 0.15) is 0 Å². The molecule has 0 aromatic rings. The fourth-order valence-electron chi connectivity index (χ4n) is 3.28. The van der Waals surface area contributed by atoms with E-state index in [0.717, 1.165) is 18.9 Å². The van der Waals surface area contributed by atoms with Gasteiger partial charge in [0.25, 0.3) is 0 Å². The fourth-order valence-corrected chi connectivity index (χ4v) is 3.28. The van der Waals surface area contributed by atoms with Crippen molar-refractivity contribution in [2.75, 3.05) is 6.61 Å². The summed E-state index contributed by atoms with van der Waals surface area (Å²) in [5.74, 6) is 1.42. The highest BCUT2D eigenvalue weighted by Crippen LogP contribution is 2.34. The molecule has 2 rings (SSSR count). The molecule has 16 heavy (non-hydrogen) atoms. The smallest absolute Gasteiger partial charge is 0.0836 e. The molecule has 0 aromatic carbocycles. The molecule has 1 saturated heterocycles. The molecule has 2 atom stereocenters. The lowest BCUT2D eigenvalue weighted by Gasteiger charge is -2.36. The van der Waals surface area contributed by atoms with Gasteiger partial charge in [-0.3, -0.25) is 0 Å². The molecule has 0 amide bonds. The first-order valence-electron chi connectivity index (χ1n) is 7.11. The second-order valence-corrected chi connectivity index (χ2v) is 5.58. The molecule has 1 aliphatic heterocycles. The highest BCUT2D eigenvalue weighted by atomic mass is 16.5. The number of aliphatic hydroxyl groups excluding tert-OH is 1. The zero-order chi connectivity index (χ0) is 11.4. The Balaban J connectivity index is 1.78. The molecule has 0 radical (unpaired) electrons. The number of rotatable bonds is 3. The van der Waals surface area contributed by atoms with E-state index in [0.29, 0.717) is 5.92 Å². The number of hydrogen-bond acceptors (Lipinski definition) is 2. The van der Waals surface area contributed by atoms with E-state index in [1.807, 2.05) is 0 Å². The van der Waals surface area contributed by atoms with Crippen molar-refractivity contribution in [3.8, 4) is 0 Å². The van der Waals surface area contributed by atoms with Crippen molar-refractivity contribution in [3.05, 3.63) is 0 Å². The summed E-state index contributed by atoms with van der Waals surface area (Å²) in [4.78, 5) is 0. The summed E-state index contributed by atoms with van der Waals surface area (Å²) >= 11 is 0. The first-order chi connectivity index (χ1) is 7.81. The van der Waals surface area contributed by atoms with Gasteiger partial charge in [-0.1, -0.05) is 26.2 Å². The highest BCUT2D eigenvalue weighted by Gasteiger charge is 2.32. The Hall–Kier alpha value is -0.0800. The van der Waals surface area contributed by atoms with E-state index in [-0.39, 0.29) is 12.2 Å². The van der Waals surface area contributed by atoms with Gasteiger partial charge in [0.05, 0.1) is 12.2 Å². The Kier molecular flexibility index (Phi) is 4.66. The summed E-state index contributed by atoms with van der Waals surface area (Å²) in [5.41, 5.74) is 0. The molecular formula is C14H26O2. The maximum Gasteiger partial charge on any atom is 0.0836 e. The van der Waals surface area contributed by atoms with Crippen LogP contribution in [0.3, 0.4) is 0 Å². The lowest BCUT2D eigenvalue weighted by Crippen LogP contribution is -2.39. The third-order valence-corrected chi connectivity index (χ3v) is 4.55. The molecule has 2 fully saturated rings. The molecule has 94 valence electrons. The quantitative estimate of drug-likeness (QED) is 0.801. The summed E-state index contributed by atoms with van der Waals surface area (Å²) < 4.78 is 5.70. The lowest BCUT2D eigenvalue weighted by molar-refractivity contribution is -0.0901. The molecule has 0 spiro atoms. The minimum atomic E-state index is -0.196. The van der Waals surface area contributed by atoms with Crippen molar-refractivity contribution in [3.63, 3.8) is 0 Å². The van der Waals surface area contributed by atoms with Crippen LogP contribution in [0.1, 0.15) is 58.3 Å². The van der Waals surface area contributed by atoms with Crippen LogP contribution < -0.4 is 0 Å². The van der Waals surface area contributed by atoms with Crippen LogP contribution in [0.2, 0.25) is 0 Å². The van der Waals surface area contributed by atoms with Crippen LogP contribution in [0.5, 0.6) is 0 Å². The van der Waals surface area contributed by atoms with Crippen LogP contribution in [0.25, 0.3) is 0 Å². The monoisotopic (exact) mass is 226 g/mol. The van der Waals surface area contributed by atoms with E-state index in [1.54, 1.807) is 0 Å². The molecule has 1 saturated carbocycles. The van der Waals surface area contributed by atoms with E-state index in [4.69, 9.17) is 4.74 Å². The van der Waals surface area contributed by atoms with Crippen molar-refractivity contribution >= 4 is 0 Å². The van der Waals surface area contributed by atoms with Gasteiger partial charge in [-0.15, -0.1) is 0 Å². The summed E-state index contributed by atoms with van der Waals surface area (Å²) in [6, 6.07) is 0. The zero-order valence-corrected chi connectivity index (χ0v) is 10.5. The van der Waals surface area contributed by atoms with E-state index < -0.39 is 0 Å². The van der Waals surface area contributed by atoms with Gasteiger partial charge in [-0.05, 0) is 43.9 Å². The van der Waals surface area contributed by atoms with Gasteiger partial charge in [0.2, 0.25) is 0 Å². The predicted molar refractivity (Wildman–Crippen MR) is 65.3 cm³/mol. The van der Waals surface area contributed by atoms with Gasteiger partial charge in [-0.25, -0.2) is 0 Å². The van der Waals surface area contributed by atoms with Crippen LogP contribution in [0.15, 0.2) is 0 Å². The fraction of sp³-hybridized carbons (Fsp3) is 1.00. The predicted octanol–water partition coefficient (Wildman–Crippen LogP) is 3.13. The third kappa shape index (κ3) is 2.98. The van der Waals surface area contributed by atoms with Gasteiger partial charge in [0.15, 0.2) is 0 Å². The lowest BCUT2D eigenvalue weighted by atomic mass is 9.76. The summed E-state index contributed by atoms with van der Waals surface area (Å²) in [5, 5.41) is 10.3. The van der Waals surface area contributed by atoms with Crippen molar-refractivity contribution in [2.24, 2.45) is 11.8 Å². The maximum absolute atomic E-state index is 10.3. The van der Waals surface area contributed by atoms with Crippen LogP contribution >= 0.6 is 0 Å². The Bertz CT molecular complexity index is 191. The van der Waals surface area contributed by atoms with Crippen molar-refractivity contribution in [1.82, 2.24) is 0 Å². The molecule has 1 N–H and O–H groups in total. The van der Waals surface area contributed by atoms with Crippen molar-refractivity contribution in [1.29, 1.82) is 0 Å². The van der Waals surface area contributed by atoms with E-state index in [9.17, 15) is 5.11 Å². The molecule has 0 bridgehead atoms. The largest absolute Gasteiger partial charge is 0.390 e. The molecule has 1 aliphatic carbocycles. The third-order valence-electron chi connectivity index (χ3n) is 4.55. The SMILES string of the molecule is CCC1CCC(C(O)C2CCCCO2)CC1. The second-order valence-electron chi connectivity index (χ2n) is 5.58. The van der Waals surface area contributed by atoms with E-state index in [2.05, 4.69) is 6.92 Å². The van der Waals surface area contributed by atoms with Gasteiger partial charge in [-0.2, -0.15) is 0 Å². The molecule has 2 unspecified atom stereocenters. The molecule has 2 aliphatic rings. The topological polar surface area (TPSA) is 29.5 Å². The summed E-state index contributed by atoms with van der Waals surface area (Å²) in [7, 11) is 0. The number of aliphatic hydroxyl groups is 1. The first kappa shape index (κ1) is 12.4. The average molecular weight is 226 g/mol. The summed E-state index contributed by atoms with van der Waals surface area (Å²) in [6.45, 7) is 3.14. The molecule has 1 heterocycles. The van der Waals surface area contributed by atoms with Crippen molar-refractivity contribution in [2.45, 2.75) is 70.5 Å². The van der Waals surface area contributed by atoms with E-state index >= 15 is 0 Å². The van der Waals surface area contributed by atoms with Crippen LogP contribution in [-0.4, -0.2) is 23.9 Å². The Morgan fingerprint density at radius 3 is 2.44 bits per heavy atom. The minimum Gasteiger partial charge on any atom is -0.390 e. The maximum atomic E-state index is 10.3. The molecule has 0 aromatic heterocycles. The van der Waals surface area contributed by atoms with Crippen LogP contribution in [-0.2, 0) is 4.74 Å². The number of ether oxygens (including phenoxy) is 1. The summed E-state index contributed by atoms with van der Waals surface area (Å²) in [6.07, 6.45) is 9.75. The van der Waals surface area contributed by atoms with Gasteiger partial charge < -0.3 is 9.84 Å². The second kappa shape index (κ2) is 6.02. The highest BCUT2D eigenvalue weighted by molar-refractivity contribution is 4.83. The van der Waals surface area contributed by atoms with Crippen LogP contribution in [0, 0.1) is 11.8 Å². The van der Waals surface area contributed by atoms with Gasteiger partial charge >= 0.3 is 0 Å². The van der Waals surface area contributed by atoms with E-state index in [1.165, 1.54) is 44.9 Å². The van der Waals surface area contributed by atoms with Gasteiger partial charge in [0, 0.05) is 6.61 Å². The molecule has 2 nitrogen and oxygen atoms in total. The normalized spacial score (nSPS) is 38.2. The Morgan fingerprint density at radius 2 is 1.88 bits per heavy atom. The average Bonchev–Trinajstić information content (AvgIpc) is 2.39. The standard InChI is InChI=1S/C14H26O2/c1-2-11-6-8-12(9-7-11)14(15)13-5-3-4-10-16-13/h11-15H,2-10H2,1H3. The molecular weight excluding hydrogens is 200 g/mol. The number of hydrogen-bond donors (Lipinski definition) is 1. The van der Waals surface area contributed by atoms with Crippen molar-refractivity contribution < 1.29 is 9.84 Å². The Morgan fingerprint density at radius 1 is 1.12 bits per heavy atom. The zero-order valence-electron chi connectivity index (χ0n) is 10.5. The molecule has 2 heteroatoms.